The molecule has 0 aliphatic heterocycles. The minimum Gasteiger partial charge on any atom is -0.380 e. The molecule has 1 aliphatic rings. The zero-order valence-corrected chi connectivity index (χ0v) is 11.7. The maximum absolute atomic E-state index is 6.25. The third-order valence-electron chi connectivity index (χ3n) is 4.15. The van der Waals surface area contributed by atoms with E-state index in [1.807, 2.05) is 0 Å². The van der Waals surface area contributed by atoms with E-state index in [9.17, 15) is 0 Å². The van der Waals surface area contributed by atoms with Crippen molar-refractivity contribution in [3.05, 3.63) is 29.3 Å². The lowest BCUT2D eigenvalue weighted by Crippen LogP contribution is -2.42. The quantitative estimate of drug-likeness (QED) is 0.853. The van der Waals surface area contributed by atoms with Crippen molar-refractivity contribution in [1.29, 1.82) is 0 Å². The Labute approximate surface area is 111 Å². The fraction of sp³-hybridized carbons (Fsp3) is 0.625. The average molecular weight is 246 g/mol. The third kappa shape index (κ3) is 2.86. The molecule has 100 valence electrons. The van der Waals surface area contributed by atoms with Crippen LogP contribution in [0.4, 0.5) is 5.69 Å². The number of nitrogens with two attached hydrogens (primary N) is 1. The first kappa shape index (κ1) is 13.4. The Bertz CT molecular complexity index is 364. The van der Waals surface area contributed by atoms with Crippen LogP contribution in [0.1, 0.15) is 50.7 Å². The largest absolute Gasteiger partial charge is 0.380 e. The Hall–Kier alpha value is -1.02. The van der Waals surface area contributed by atoms with Gasteiger partial charge in [0.15, 0.2) is 0 Å². The van der Waals surface area contributed by atoms with Gasteiger partial charge in [0.1, 0.15) is 0 Å². The van der Waals surface area contributed by atoms with E-state index in [1.54, 1.807) is 0 Å². The molecule has 2 rings (SSSR count). The number of aryl methyl sites for hydroxylation is 2. The number of anilines is 1. The molecule has 0 aromatic heterocycles. The number of nitrogens with one attached hydrogen (secondary N) is 1. The number of rotatable bonds is 4. The van der Waals surface area contributed by atoms with Crippen molar-refractivity contribution in [2.75, 3.05) is 5.32 Å². The molecule has 1 aliphatic carbocycles. The molecule has 18 heavy (non-hydrogen) atoms. The first-order chi connectivity index (χ1) is 8.76. The third-order valence-corrected chi connectivity index (χ3v) is 4.15. The van der Waals surface area contributed by atoms with E-state index >= 15 is 0 Å². The van der Waals surface area contributed by atoms with Gasteiger partial charge >= 0.3 is 0 Å². The van der Waals surface area contributed by atoms with E-state index in [0.29, 0.717) is 12.1 Å². The van der Waals surface area contributed by atoms with Crippen molar-refractivity contribution in [3.63, 3.8) is 0 Å². The van der Waals surface area contributed by atoms with Crippen LogP contribution in [0, 0.1) is 0 Å². The highest BCUT2D eigenvalue weighted by atomic mass is 15.0. The van der Waals surface area contributed by atoms with Gasteiger partial charge in [-0.15, -0.1) is 0 Å². The fourth-order valence-electron chi connectivity index (χ4n) is 2.95. The second kappa shape index (κ2) is 6.24. The predicted octanol–water partition coefficient (Wildman–Crippen LogP) is 3.49. The first-order valence-electron chi connectivity index (χ1n) is 7.39. The van der Waals surface area contributed by atoms with Gasteiger partial charge in [0.05, 0.1) is 0 Å². The number of benzene rings is 1. The molecule has 3 N–H and O–H groups in total. The van der Waals surface area contributed by atoms with Crippen molar-refractivity contribution in [1.82, 2.24) is 0 Å². The Morgan fingerprint density at radius 1 is 1.11 bits per heavy atom. The summed E-state index contributed by atoms with van der Waals surface area (Å²) in [7, 11) is 0. The molecule has 0 amide bonds. The van der Waals surface area contributed by atoms with Crippen LogP contribution in [0.25, 0.3) is 0 Å². The van der Waals surface area contributed by atoms with Gasteiger partial charge in [-0.3, -0.25) is 0 Å². The van der Waals surface area contributed by atoms with Gasteiger partial charge in [-0.05, 0) is 36.8 Å². The summed E-state index contributed by atoms with van der Waals surface area (Å²) < 4.78 is 0. The van der Waals surface area contributed by atoms with Crippen LogP contribution < -0.4 is 11.1 Å². The second-order valence-corrected chi connectivity index (χ2v) is 5.36. The van der Waals surface area contributed by atoms with Crippen LogP contribution in [0.2, 0.25) is 0 Å². The number of para-hydroxylation sites is 1. The van der Waals surface area contributed by atoms with Gasteiger partial charge in [0, 0.05) is 17.8 Å². The standard InChI is InChI=1S/C16H26N2/c1-3-12-8-7-9-13(4-2)16(12)18-15-11-6-5-10-14(15)17/h7-9,14-15,18H,3-6,10-11,17H2,1-2H3. The second-order valence-electron chi connectivity index (χ2n) is 5.36. The number of hydrogen-bond donors (Lipinski definition) is 2. The average Bonchev–Trinajstić information content (AvgIpc) is 2.41. The minimum atomic E-state index is 0.313. The summed E-state index contributed by atoms with van der Waals surface area (Å²) in [6.45, 7) is 4.45. The lowest BCUT2D eigenvalue weighted by molar-refractivity contribution is 0.403. The van der Waals surface area contributed by atoms with E-state index in [-0.39, 0.29) is 0 Å². The van der Waals surface area contributed by atoms with Gasteiger partial charge < -0.3 is 11.1 Å². The molecule has 0 saturated heterocycles. The Balaban J connectivity index is 2.21. The van der Waals surface area contributed by atoms with Gasteiger partial charge in [0.25, 0.3) is 0 Å². The molecule has 1 aromatic rings. The molecule has 2 unspecified atom stereocenters. The van der Waals surface area contributed by atoms with E-state index in [2.05, 4.69) is 37.4 Å². The van der Waals surface area contributed by atoms with Crippen LogP contribution in [0.5, 0.6) is 0 Å². The maximum atomic E-state index is 6.25. The molecule has 1 aromatic carbocycles. The monoisotopic (exact) mass is 246 g/mol. The molecule has 1 fully saturated rings. The normalized spacial score (nSPS) is 23.9. The zero-order valence-electron chi connectivity index (χ0n) is 11.7. The van der Waals surface area contributed by atoms with Crippen LogP contribution in [0.15, 0.2) is 18.2 Å². The first-order valence-corrected chi connectivity index (χ1v) is 7.39. The van der Waals surface area contributed by atoms with E-state index in [1.165, 1.54) is 36.1 Å². The van der Waals surface area contributed by atoms with Crippen LogP contribution >= 0.6 is 0 Å². The van der Waals surface area contributed by atoms with Gasteiger partial charge in [-0.25, -0.2) is 0 Å². The maximum Gasteiger partial charge on any atom is 0.0412 e. The van der Waals surface area contributed by atoms with E-state index in [0.717, 1.165) is 19.3 Å². The molecule has 0 spiro atoms. The van der Waals surface area contributed by atoms with Crippen LogP contribution in [-0.2, 0) is 12.8 Å². The lowest BCUT2D eigenvalue weighted by Gasteiger charge is -2.31. The topological polar surface area (TPSA) is 38.0 Å². The Morgan fingerprint density at radius 2 is 1.72 bits per heavy atom. The molecule has 2 heteroatoms. The summed E-state index contributed by atoms with van der Waals surface area (Å²) in [5, 5.41) is 3.74. The lowest BCUT2D eigenvalue weighted by atomic mass is 9.90. The smallest absolute Gasteiger partial charge is 0.0412 e. The van der Waals surface area contributed by atoms with Crippen LogP contribution in [-0.4, -0.2) is 12.1 Å². The van der Waals surface area contributed by atoms with Gasteiger partial charge in [-0.1, -0.05) is 44.9 Å². The summed E-state index contributed by atoms with van der Waals surface area (Å²) >= 11 is 0. The van der Waals surface area contributed by atoms with Crippen LogP contribution in [0.3, 0.4) is 0 Å². The highest BCUT2D eigenvalue weighted by Crippen LogP contribution is 2.27. The fourth-order valence-corrected chi connectivity index (χ4v) is 2.95. The van der Waals surface area contributed by atoms with E-state index in [4.69, 9.17) is 5.73 Å². The van der Waals surface area contributed by atoms with Crippen molar-refractivity contribution in [2.24, 2.45) is 5.73 Å². The molecule has 0 radical (unpaired) electrons. The summed E-state index contributed by atoms with van der Waals surface area (Å²) in [4.78, 5) is 0. The Kier molecular flexibility index (Phi) is 4.65. The Morgan fingerprint density at radius 3 is 2.28 bits per heavy atom. The zero-order chi connectivity index (χ0) is 13.0. The summed E-state index contributed by atoms with van der Waals surface area (Å²) in [5.41, 5.74) is 10.4. The molecule has 2 atom stereocenters. The van der Waals surface area contributed by atoms with Gasteiger partial charge in [-0.2, -0.15) is 0 Å². The minimum absolute atomic E-state index is 0.313. The predicted molar refractivity (Wildman–Crippen MR) is 79.1 cm³/mol. The summed E-state index contributed by atoms with van der Waals surface area (Å²) in [6.07, 6.45) is 7.13. The molecular formula is C16H26N2. The van der Waals surface area contributed by atoms with Crippen molar-refractivity contribution < 1.29 is 0 Å². The summed E-state index contributed by atoms with van der Waals surface area (Å²) in [5.74, 6) is 0. The summed E-state index contributed by atoms with van der Waals surface area (Å²) in [6, 6.07) is 7.40. The molecule has 1 saturated carbocycles. The van der Waals surface area contributed by atoms with E-state index < -0.39 is 0 Å². The SMILES string of the molecule is CCc1cccc(CC)c1NC1CCCCC1N. The molecule has 0 heterocycles. The van der Waals surface area contributed by atoms with Crippen molar-refractivity contribution in [3.8, 4) is 0 Å². The van der Waals surface area contributed by atoms with Crippen molar-refractivity contribution in [2.45, 2.75) is 64.5 Å². The highest BCUT2D eigenvalue weighted by molar-refractivity contribution is 5.58. The highest BCUT2D eigenvalue weighted by Gasteiger charge is 2.22. The van der Waals surface area contributed by atoms with Gasteiger partial charge in [0.2, 0.25) is 0 Å². The molecular weight excluding hydrogens is 220 g/mol. The molecule has 0 bridgehead atoms. The molecule has 2 nitrogen and oxygen atoms in total. The number of hydrogen-bond acceptors (Lipinski definition) is 2. The van der Waals surface area contributed by atoms with Crippen molar-refractivity contribution >= 4 is 5.69 Å².